The number of anilines is 1. The van der Waals surface area contributed by atoms with Crippen LogP contribution in [0.25, 0.3) is 0 Å². The first-order valence-corrected chi connectivity index (χ1v) is 4.34. The molecule has 1 aliphatic heterocycles. The van der Waals surface area contributed by atoms with Crippen LogP contribution in [0.5, 0.6) is 0 Å². The average Bonchev–Trinajstić information content (AvgIpc) is 2.28. The number of carbonyl (C=O) groups excluding carboxylic acids is 2. The van der Waals surface area contributed by atoms with Crippen molar-refractivity contribution < 1.29 is 14.3 Å². The molecule has 0 aliphatic carbocycles. The normalized spacial score (nSPS) is 12.5. The number of nitrogens with zero attached hydrogens (tertiary/aromatic N) is 1. The molecule has 5 heteroatoms. The predicted molar refractivity (Wildman–Crippen MR) is 53.7 cm³/mol. The van der Waals surface area contributed by atoms with Crippen molar-refractivity contribution in [2.45, 2.75) is 6.54 Å². The standard InChI is InChI=1S/C10H8N2O3/c13-6-15-10(14)8-3-1-2-7-4-11-5-12-9(7)8/h1-3,5-6H,4H2,(H,11,12). The molecule has 0 atom stereocenters. The third-order valence-electron chi connectivity index (χ3n) is 2.09. The molecule has 0 bridgehead atoms. The van der Waals surface area contributed by atoms with Crippen molar-refractivity contribution in [3.8, 4) is 0 Å². The number of hydrogen-bond acceptors (Lipinski definition) is 5. The maximum atomic E-state index is 11.4. The van der Waals surface area contributed by atoms with Gasteiger partial charge < -0.3 is 10.1 Å². The Morgan fingerprint density at radius 2 is 2.40 bits per heavy atom. The number of benzene rings is 1. The lowest BCUT2D eigenvalue weighted by Gasteiger charge is -2.14. The van der Waals surface area contributed by atoms with Crippen molar-refractivity contribution in [1.82, 2.24) is 0 Å². The number of ether oxygens (including phenoxy) is 1. The molecular weight excluding hydrogens is 196 g/mol. The molecule has 0 radical (unpaired) electrons. The van der Waals surface area contributed by atoms with Crippen molar-refractivity contribution in [2.75, 3.05) is 5.32 Å². The molecule has 15 heavy (non-hydrogen) atoms. The zero-order chi connectivity index (χ0) is 10.7. The minimum absolute atomic E-state index is 0.124. The maximum absolute atomic E-state index is 11.4. The van der Waals surface area contributed by atoms with E-state index in [1.165, 1.54) is 6.34 Å². The number of para-hydroxylation sites is 1. The maximum Gasteiger partial charge on any atom is 0.347 e. The predicted octanol–water partition coefficient (Wildman–Crippen LogP) is 0.954. The van der Waals surface area contributed by atoms with Gasteiger partial charge in [-0.2, -0.15) is 0 Å². The van der Waals surface area contributed by atoms with Crippen LogP contribution in [0.15, 0.2) is 23.2 Å². The van der Waals surface area contributed by atoms with Crippen LogP contribution in [-0.2, 0) is 16.1 Å². The van der Waals surface area contributed by atoms with Gasteiger partial charge in [-0.05, 0) is 11.6 Å². The molecule has 0 amide bonds. The Labute approximate surface area is 85.8 Å². The molecule has 0 unspecified atom stereocenters. The molecule has 1 aromatic rings. The van der Waals surface area contributed by atoms with Crippen molar-refractivity contribution in [2.24, 2.45) is 4.99 Å². The van der Waals surface area contributed by atoms with Crippen LogP contribution in [0.4, 0.5) is 5.69 Å². The summed E-state index contributed by atoms with van der Waals surface area (Å²) in [5.41, 5.74) is 1.89. The number of hydrogen-bond donors (Lipinski definition) is 1. The van der Waals surface area contributed by atoms with Gasteiger partial charge in [-0.15, -0.1) is 0 Å². The van der Waals surface area contributed by atoms with Gasteiger partial charge in [0.25, 0.3) is 0 Å². The summed E-state index contributed by atoms with van der Waals surface area (Å²) < 4.78 is 4.29. The third kappa shape index (κ3) is 1.71. The van der Waals surface area contributed by atoms with Gasteiger partial charge in [0.15, 0.2) is 0 Å². The Morgan fingerprint density at radius 1 is 1.53 bits per heavy atom. The monoisotopic (exact) mass is 204 g/mol. The number of rotatable bonds is 2. The number of carbonyl (C=O) groups is 2. The Bertz CT molecular complexity index is 440. The first-order valence-electron chi connectivity index (χ1n) is 4.34. The Kier molecular flexibility index (Phi) is 2.45. The summed E-state index contributed by atoms with van der Waals surface area (Å²) in [5.74, 6) is -0.662. The van der Waals surface area contributed by atoms with Crippen LogP contribution in [0.1, 0.15) is 15.9 Å². The summed E-state index contributed by atoms with van der Waals surface area (Å²) in [6.07, 6.45) is 1.51. The zero-order valence-electron chi connectivity index (χ0n) is 7.77. The van der Waals surface area contributed by atoms with E-state index in [1.807, 2.05) is 6.07 Å². The Hall–Kier alpha value is -2.17. The first kappa shape index (κ1) is 9.39. The van der Waals surface area contributed by atoms with Gasteiger partial charge in [-0.3, -0.25) is 9.79 Å². The topological polar surface area (TPSA) is 67.8 Å². The molecule has 1 heterocycles. The highest BCUT2D eigenvalue weighted by molar-refractivity contribution is 6.01. The Morgan fingerprint density at radius 3 is 3.20 bits per heavy atom. The fourth-order valence-corrected chi connectivity index (χ4v) is 1.43. The molecule has 1 aromatic carbocycles. The lowest BCUT2D eigenvalue weighted by molar-refractivity contribution is -0.123. The second-order valence-corrected chi connectivity index (χ2v) is 2.96. The Balaban J connectivity index is 2.41. The van der Waals surface area contributed by atoms with Crippen molar-refractivity contribution in [3.05, 3.63) is 29.3 Å². The van der Waals surface area contributed by atoms with Crippen molar-refractivity contribution in [3.63, 3.8) is 0 Å². The van der Waals surface area contributed by atoms with Crippen LogP contribution in [0.3, 0.4) is 0 Å². The average molecular weight is 204 g/mol. The fraction of sp³-hybridized carbons (Fsp3) is 0.100. The van der Waals surface area contributed by atoms with Gasteiger partial charge in [0.05, 0.1) is 24.1 Å². The fourth-order valence-electron chi connectivity index (χ4n) is 1.43. The number of esters is 1. The number of aliphatic imine (C=N–C) groups is 1. The summed E-state index contributed by atoms with van der Waals surface area (Å²) in [6.45, 7) is 0.642. The first-order chi connectivity index (χ1) is 7.33. The van der Waals surface area contributed by atoms with Crippen molar-refractivity contribution in [1.29, 1.82) is 0 Å². The molecule has 5 nitrogen and oxygen atoms in total. The molecule has 2 rings (SSSR count). The second-order valence-electron chi connectivity index (χ2n) is 2.96. The van der Waals surface area contributed by atoms with E-state index in [-0.39, 0.29) is 6.47 Å². The van der Waals surface area contributed by atoms with E-state index in [9.17, 15) is 9.59 Å². The van der Waals surface area contributed by atoms with E-state index in [0.29, 0.717) is 17.8 Å². The third-order valence-corrected chi connectivity index (χ3v) is 2.09. The molecule has 76 valence electrons. The van der Waals surface area contributed by atoms with Crippen LogP contribution in [0, 0.1) is 0 Å². The summed E-state index contributed by atoms with van der Waals surface area (Å²) >= 11 is 0. The lowest BCUT2D eigenvalue weighted by Crippen LogP contribution is -2.12. The van der Waals surface area contributed by atoms with E-state index in [2.05, 4.69) is 15.0 Å². The molecule has 0 aromatic heterocycles. The highest BCUT2D eigenvalue weighted by Gasteiger charge is 2.16. The number of nitrogens with one attached hydrogen (secondary N) is 1. The second kappa shape index (κ2) is 3.91. The molecule has 0 saturated carbocycles. The highest BCUT2D eigenvalue weighted by atomic mass is 16.6. The summed E-state index contributed by atoms with van der Waals surface area (Å²) in [6, 6.07) is 5.18. The van der Waals surface area contributed by atoms with Crippen LogP contribution in [-0.4, -0.2) is 18.8 Å². The van der Waals surface area contributed by atoms with Gasteiger partial charge in [-0.1, -0.05) is 12.1 Å². The van der Waals surface area contributed by atoms with Crippen LogP contribution >= 0.6 is 0 Å². The largest absolute Gasteiger partial charge is 0.392 e. The quantitative estimate of drug-likeness (QED) is 0.442. The minimum atomic E-state index is -0.662. The van der Waals surface area contributed by atoms with Crippen LogP contribution in [0.2, 0.25) is 0 Å². The van der Waals surface area contributed by atoms with Gasteiger partial charge in [0.1, 0.15) is 0 Å². The lowest BCUT2D eigenvalue weighted by atomic mass is 10.1. The zero-order valence-corrected chi connectivity index (χ0v) is 7.77. The van der Waals surface area contributed by atoms with Gasteiger partial charge in [0.2, 0.25) is 0 Å². The summed E-state index contributed by atoms with van der Waals surface area (Å²) in [4.78, 5) is 25.5. The molecule has 1 N–H and O–H groups in total. The van der Waals surface area contributed by atoms with Gasteiger partial charge >= 0.3 is 12.4 Å². The van der Waals surface area contributed by atoms with E-state index in [4.69, 9.17) is 0 Å². The SMILES string of the molecule is O=COC(=O)c1cccc2c1NC=NC2. The minimum Gasteiger partial charge on any atom is -0.392 e. The van der Waals surface area contributed by atoms with Gasteiger partial charge in [-0.25, -0.2) is 4.79 Å². The van der Waals surface area contributed by atoms with E-state index in [0.717, 1.165) is 5.56 Å². The van der Waals surface area contributed by atoms with E-state index < -0.39 is 5.97 Å². The smallest absolute Gasteiger partial charge is 0.347 e. The van der Waals surface area contributed by atoms with Gasteiger partial charge in [0, 0.05) is 0 Å². The summed E-state index contributed by atoms with van der Waals surface area (Å²) in [5, 5.41) is 2.86. The molecule has 1 aliphatic rings. The summed E-state index contributed by atoms with van der Waals surface area (Å²) in [7, 11) is 0. The molecule has 0 fully saturated rings. The number of fused-ring (bicyclic) bond motifs is 1. The molecule has 0 saturated heterocycles. The molecule has 0 spiro atoms. The molecular formula is C10H8N2O3. The highest BCUT2D eigenvalue weighted by Crippen LogP contribution is 2.24. The van der Waals surface area contributed by atoms with Crippen molar-refractivity contribution >= 4 is 24.5 Å². The van der Waals surface area contributed by atoms with E-state index >= 15 is 0 Å². The van der Waals surface area contributed by atoms with Crippen LogP contribution < -0.4 is 5.32 Å². The van der Waals surface area contributed by atoms with E-state index in [1.54, 1.807) is 12.1 Å².